The molecule has 0 atom stereocenters. The van der Waals surface area contributed by atoms with Gasteiger partial charge < -0.3 is 5.32 Å². The molecule has 2 aromatic rings. The van der Waals surface area contributed by atoms with Crippen molar-refractivity contribution in [3.05, 3.63) is 17.8 Å². The number of aromatic nitrogens is 4. The predicted octanol–water partition coefficient (Wildman–Crippen LogP) is 2.30. The summed E-state index contributed by atoms with van der Waals surface area (Å²) in [4.78, 5) is 8.50. The van der Waals surface area contributed by atoms with E-state index in [1.54, 1.807) is 11.7 Å². The minimum atomic E-state index is 0.663. The highest BCUT2D eigenvalue weighted by atomic mass is 32.2. The average molecular weight is 253 g/mol. The minimum Gasteiger partial charge on any atom is -0.354 e. The largest absolute Gasteiger partial charge is 0.354 e. The molecular formula is C9H11N5S2. The normalized spacial score (nSPS) is 10.3. The maximum absolute atomic E-state index is 4.36. The van der Waals surface area contributed by atoms with Crippen LogP contribution in [-0.2, 0) is 0 Å². The molecule has 0 aliphatic carbocycles. The summed E-state index contributed by atoms with van der Waals surface area (Å²) in [7, 11) is 0. The summed E-state index contributed by atoms with van der Waals surface area (Å²) in [5.74, 6) is 0.663. The zero-order valence-corrected chi connectivity index (χ0v) is 10.4. The van der Waals surface area contributed by atoms with E-state index in [1.165, 1.54) is 23.1 Å². The van der Waals surface area contributed by atoms with E-state index in [9.17, 15) is 0 Å². The van der Waals surface area contributed by atoms with E-state index in [0.29, 0.717) is 5.95 Å². The lowest BCUT2D eigenvalue weighted by atomic mass is 10.5. The smallest absolute Gasteiger partial charge is 0.223 e. The minimum absolute atomic E-state index is 0.663. The van der Waals surface area contributed by atoms with Gasteiger partial charge in [-0.3, -0.25) is 0 Å². The molecule has 0 amide bonds. The van der Waals surface area contributed by atoms with Crippen molar-refractivity contribution in [3.63, 3.8) is 0 Å². The van der Waals surface area contributed by atoms with E-state index >= 15 is 0 Å². The maximum Gasteiger partial charge on any atom is 0.223 e. The molecule has 0 aromatic carbocycles. The molecule has 0 aliphatic rings. The Morgan fingerprint density at radius 2 is 2.44 bits per heavy atom. The van der Waals surface area contributed by atoms with E-state index in [2.05, 4.69) is 32.4 Å². The van der Waals surface area contributed by atoms with E-state index in [1.807, 2.05) is 6.07 Å². The Balaban J connectivity index is 2.04. The van der Waals surface area contributed by atoms with Crippen LogP contribution in [0, 0.1) is 0 Å². The molecule has 0 spiro atoms. The average Bonchev–Trinajstić information content (AvgIpc) is 2.80. The van der Waals surface area contributed by atoms with E-state index in [-0.39, 0.29) is 0 Å². The molecule has 0 saturated heterocycles. The Hall–Kier alpha value is -1.21. The van der Waals surface area contributed by atoms with Crippen molar-refractivity contribution in [1.29, 1.82) is 0 Å². The van der Waals surface area contributed by atoms with Crippen LogP contribution < -0.4 is 5.32 Å². The summed E-state index contributed by atoms with van der Waals surface area (Å²) < 4.78 is 0.889. The summed E-state index contributed by atoms with van der Waals surface area (Å²) in [6, 6.07) is 1.86. The van der Waals surface area contributed by atoms with Gasteiger partial charge in [0.2, 0.25) is 5.95 Å². The fraction of sp³-hybridized carbons (Fsp3) is 0.333. The Bertz CT molecular complexity index is 431. The van der Waals surface area contributed by atoms with E-state index < -0.39 is 0 Å². The fourth-order valence-corrected chi connectivity index (χ4v) is 2.40. The summed E-state index contributed by atoms with van der Waals surface area (Å²) in [6.45, 7) is 2.99. The van der Waals surface area contributed by atoms with Crippen molar-refractivity contribution >= 4 is 29.0 Å². The number of rotatable bonds is 5. The molecule has 7 heteroatoms. The molecule has 84 valence electrons. The van der Waals surface area contributed by atoms with Crippen molar-refractivity contribution in [2.45, 2.75) is 22.7 Å². The highest BCUT2D eigenvalue weighted by Gasteiger charge is 2.03. The third-order valence-electron chi connectivity index (χ3n) is 1.70. The molecule has 0 unspecified atom stereocenters. The Morgan fingerprint density at radius 3 is 3.19 bits per heavy atom. The van der Waals surface area contributed by atoms with Gasteiger partial charge in [-0.05, 0) is 24.2 Å². The lowest BCUT2D eigenvalue weighted by molar-refractivity contribution is 0.934. The first-order chi connectivity index (χ1) is 7.88. The molecule has 2 aromatic heterocycles. The first-order valence-electron chi connectivity index (χ1n) is 4.89. The quantitative estimate of drug-likeness (QED) is 0.825. The Morgan fingerprint density at radius 1 is 1.50 bits per heavy atom. The van der Waals surface area contributed by atoms with Gasteiger partial charge >= 0.3 is 0 Å². The highest BCUT2D eigenvalue weighted by Crippen LogP contribution is 2.26. The molecule has 2 heterocycles. The Kier molecular flexibility index (Phi) is 4.06. The Labute approximate surface area is 102 Å². The van der Waals surface area contributed by atoms with Crippen LogP contribution in [0.2, 0.25) is 0 Å². The molecular weight excluding hydrogens is 242 g/mol. The van der Waals surface area contributed by atoms with Crippen LogP contribution in [0.15, 0.2) is 27.1 Å². The molecule has 2 rings (SSSR count). The fourth-order valence-electron chi connectivity index (χ4n) is 1.02. The van der Waals surface area contributed by atoms with Gasteiger partial charge in [0.25, 0.3) is 0 Å². The number of nitrogens with zero attached hydrogens (tertiary/aromatic N) is 4. The number of hydrogen-bond donors (Lipinski definition) is 1. The van der Waals surface area contributed by atoms with Gasteiger partial charge in [0, 0.05) is 12.7 Å². The molecule has 5 nitrogen and oxygen atoms in total. The van der Waals surface area contributed by atoms with Gasteiger partial charge in [0.05, 0.1) is 0 Å². The number of anilines is 1. The summed E-state index contributed by atoms with van der Waals surface area (Å²) in [6.07, 6.45) is 2.80. The van der Waals surface area contributed by atoms with Crippen LogP contribution in [0.3, 0.4) is 0 Å². The number of nitrogens with one attached hydrogen (secondary N) is 1. The lowest BCUT2D eigenvalue weighted by Gasteiger charge is -2.03. The van der Waals surface area contributed by atoms with Crippen molar-refractivity contribution < 1.29 is 0 Å². The van der Waals surface area contributed by atoms with Crippen molar-refractivity contribution in [2.75, 3.05) is 11.9 Å². The van der Waals surface area contributed by atoms with Crippen LogP contribution in [-0.4, -0.2) is 26.7 Å². The van der Waals surface area contributed by atoms with Gasteiger partial charge in [-0.2, -0.15) is 0 Å². The van der Waals surface area contributed by atoms with Crippen LogP contribution in [0.4, 0.5) is 5.95 Å². The van der Waals surface area contributed by atoms with Crippen LogP contribution in [0.1, 0.15) is 13.3 Å². The highest BCUT2D eigenvalue weighted by molar-refractivity contribution is 8.00. The second-order valence-corrected chi connectivity index (χ2v) is 5.05. The zero-order valence-electron chi connectivity index (χ0n) is 8.75. The molecule has 0 fully saturated rings. The van der Waals surface area contributed by atoms with Crippen molar-refractivity contribution in [1.82, 2.24) is 20.2 Å². The van der Waals surface area contributed by atoms with Crippen LogP contribution in [0.25, 0.3) is 0 Å². The second kappa shape index (κ2) is 5.76. The van der Waals surface area contributed by atoms with Gasteiger partial charge in [-0.25, -0.2) is 9.97 Å². The molecule has 0 radical (unpaired) electrons. The lowest BCUT2D eigenvalue weighted by Crippen LogP contribution is -2.03. The predicted molar refractivity (Wildman–Crippen MR) is 64.8 cm³/mol. The first-order valence-corrected chi connectivity index (χ1v) is 6.59. The maximum atomic E-state index is 4.36. The zero-order chi connectivity index (χ0) is 11.2. The SMILES string of the molecule is CCCNc1nccc(Sc2nncs2)n1. The van der Waals surface area contributed by atoms with Crippen LogP contribution >= 0.6 is 23.1 Å². The summed E-state index contributed by atoms with van der Waals surface area (Å²) >= 11 is 3.00. The van der Waals surface area contributed by atoms with Crippen molar-refractivity contribution in [3.8, 4) is 0 Å². The number of hydrogen-bond acceptors (Lipinski definition) is 7. The first kappa shape index (κ1) is 11.3. The van der Waals surface area contributed by atoms with E-state index in [4.69, 9.17) is 0 Å². The monoisotopic (exact) mass is 253 g/mol. The third kappa shape index (κ3) is 3.14. The molecule has 0 saturated carbocycles. The molecule has 1 N–H and O–H groups in total. The van der Waals surface area contributed by atoms with Gasteiger partial charge in [0.1, 0.15) is 10.5 Å². The topological polar surface area (TPSA) is 63.6 Å². The molecule has 0 bridgehead atoms. The standard InChI is InChI=1S/C9H11N5S2/c1-2-4-10-8-11-5-3-7(13-8)16-9-14-12-6-15-9/h3,5-6H,2,4H2,1H3,(H,10,11,13). The molecule has 16 heavy (non-hydrogen) atoms. The summed E-state index contributed by atoms with van der Waals surface area (Å²) in [5.41, 5.74) is 1.71. The third-order valence-corrected chi connectivity index (χ3v) is 3.41. The van der Waals surface area contributed by atoms with E-state index in [0.717, 1.165) is 22.3 Å². The van der Waals surface area contributed by atoms with Crippen molar-refractivity contribution in [2.24, 2.45) is 0 Å². The van der Waals surface area contributed by atoms with Gasteiger partial charge in [-0.1, -0.05) is 18.3 Å². The van der Waals surface area contributed by atoms with Crippen LogP contribution in [0.5, 0.6) is 0 Å². The van der Waals surface area contributed by atoms with Gasteiger partial charge in [0.15, 0.2) is 4.34 Å². The molecule has 0 aliphatic heterocycles. The summed E-state index contributed by atoms with van der Waals surface area (Å²) in [5, 5.41) is 11.8. The van der Waals surface area contributed by atoms with Gasteiger partial charge in [-0.15, -0.1) is 10.2 Å². The second-order valence-electron chi connectivity index (χ2n) is 2.95.